The molecule has 0 radical (unpaired) electrons. The molecule has 0 saturated heterocycles. The number of pyridine rings is 1. The highest BCUT2D eigenvalue weighted by molar-refractivity contribution is 6.09. The molecular weight excluding hydrogens is 985 g/mol. The third kappa shape index (κ3) is 10.1. The lowest BCUT2D eigenvalue weighted by Crippen LogP contribution is -2.25. The average Bonchev–Trinajstić information content (AvgIpc) is 4.03. The van der Waals surface area contributed by atoms with Gasteiger partial charge in [-0.1, -0.05) is 235 Å². The molecule has 3 heterocycles. The van der Waals surface area contributed by atoms with Gasteiger partial charge in [0.25, 0.3) is 0 Å². The van der Waals surface area contributed by atoms with Gasteiger partial charge >= 0.3 is 0 Å². The summed E-state index contributed by atoms with van der Waals surface area (Å²) in [5.74, 6) is 2.39. The van der Waals surface area contributed by atoms with Gasteiger partial charge in [0.1, 0.15) is 24.0 Å². The Morgan fingerprint density at radius 2 is 0.938 bits per heavy atom. The molecule has 5 heteroatoms. The lowest BCUT2D eigenvalue weighted by atomic mass is 9.81. The van der Waals surface area contributed by atoms with Gasteiger partial charge in [-0.15, -0.1) is 0 Å². The summed E-state index contributed by atoms with van der Waals surface area (Å²) in [6.07, 6.45) is 2.08. The standard InChI is InChI=1S/C76H74N4O/c1-73(2,3)54-25-19-23-52(43-54)50-37-39-51(40-38-50)59-31-22-32-63(60-29-13-15-33-65(60)75(7,8)9)72(59)79-49-78(68-35-17-18-36-69(68)79)56-27-21-28-57(45-56)81-58-41-42-62-61-30-14-16-34-67(61)80(70(62)46-58)71-47-66(76(10,11)12)64(48-77-71)53-24-20-26-55(44-53)74(4,5)6/h13-48H,49H2,1-12H3. The molecule has 9 aromatic carbocycles. The number of aromatic nitrogens is 2. The third-order valence-corrected chi connectivity index (χ3v) is 16.3. The molecular formula is C76H74N4O. The van der Waals surface area contributed by atoms with Crippen molar-refractivity contribution in [1.82, 2.24) is 9.55 Å². The van der Waals surface area contributed by atoms with E-state index in [1.165, 1.54) is 72.3 Å². The van der Waals surface area contributed by atoms with E-state index in [-0.39, 0.29) is 21.7 Å². The Balaban J connectivity index is 0.919. The second kappa shape index (κ2) is 20.1. The fourth-order valence-corrected chi connectivity index (χ4v) is 12.0. The number of benzene rings is 9. The summed E-state index contributed by atoms with van der Waals surface area (Å²) in [7, 11) is 0. The minimum absolute atomic E-state index is 0.0306. The van der Waals surface area contributed by atoms with E-state index in [9.17, 15) is 0 Å². The van der Waals surface area contributed by atoms with Crippen LogP contribution in [-0.2, 0) is 21.7 Å². The average molecular weight is 1060 g/mol. The zero-order chi connectivity index (χ0) is 56.6. The van der Waals surface area contributed by atoms with E-state index in [0.29, 0.717) is 6.67 Å². The fourth-order valence-electron chi connectivity index (χ4n) is 12.0. The van der Waals surface area contributed by atoms with Crippen molar-refractivity contribution < 1.29 is 4.74 Å². The van der Waals surface area contributed by atoms with Crippen molar-refractivity contribution >= 4 is 44.6 Å². The molecule has 0 saturated carbocycles. The molecule has 0 unspecified atom stereocenters. The summed E-state index contributed by atoms with van der Waals surface area (Å²) in [5, 5.41) is 2.32. The van der Waals surface area contributed by atoms with Crippen molar-refractivity contribution in [1.29, 1.82) is 0 Å². The van der Waals surface area contributed by atoms with E-state index in [0.717, 1.165) is 56.4 Å². The molecule has 0 bridgehead atoms. The minimum atomic E-state index is -0.147. The molecule has 0 atom stereocenters. The maximum Gasteiger partial charge on any atom is 0.137 e. The lowest BCUT2D eigenvalue weighted by molar-refractivity contribution is 0.483. The number of fused-ring (bicyclic) bond motifs is 4. The number of para-hydroxylation sites is 4. The van der Waals surface area contributed by atoms with Crippen LogP contribution in [0.4, 0.5) is 22.7 Å². The fraction of sp³-hybridized carbons (Fsp3) is 0.224. The molecule has 12 rings (SSSR count). The number of anilines is 4. The first kappa shape index (κ1) is 53.0. The van der Waals surface area contributed by atoms with E-state index in [2.05, 4.69) is 316 Å². The number of nitrogens with zero attached hydrogens (tertiary/aromatic N) is 4. The van der Waals surface area contributed by atoms with Gasteiger partial charge in [0.2, 0.25) is 0 Å². The maximum absolute atomic E-state index is 6.96. The Morgan fingerprint density at radius 1 is 0.370 bits per heavy atom. The van der Waals surface area contributed by atoms with Gasteiger partial charge in [0.05, 0.1) is 28.1 Å². The Labute approximate surface area is 480 Å². The van der Waals surface area contributed by atoms with Crippen molar-refractivity contribution in [3.8, 4) is 61.8 Å². The Hall–Kier alpha value is -8.67. The molecule has 1 aliphatic rings. The molecule has 404 valence electrons. The van der Waals surface area contributed by atoms with E-state index in [1.54, 1.807) is 0 Å². The van der Waals surface area contributed by atoms with Crippen molar-refractivity contribution in [2.24, 2.45) is 0 Å². The highest BCUT2D eigenvalue weighted by atomic mass is 16.5. The largest absolute Gasteiger partial charge is 0.457 e. The molecule has 0 spiro atoms. The topological polar surface area (TPSA) is 33.5 Å². The van der Waals surface area contributed by atoms with Crippen LogP contribution in [0.1, 0.15) is 105 Å². The third-order valence-electron chi connectivity index (χ3n) is 16.3. The van der Waals surface area contributed by atoms with E-state index in [4.69, 9.17) is 9.72 Å². The molecule has 11 aromatic rings. The summed E-state index contributed by atoms with van der Waals surface area (Å²) in [6.45, 7) is 28.1. The van der Waals surface area contributed by atoms with E-state index in [1.807, 2.05) is 0 Å². The first-order valence-electron chi connectivity index (χ1n) is 28.7. The zero-order valence-corrected chi connectivity index (χ0v) is 49.2. The summed E-state index contributed by atoms with van der Waals surface area (Å²) >= 11 is 0. The van der Waals surface area contributed by atoms with Crippen molar-refractivity contribution in [3.05, 3.63) is 241 Å². The van der Waals surface area contributed by atoms with E-state index >= 15 is 0 Å². The molecule has 2 aromatic heterocycles. The Kier molecular flexibility index (Phi) is 13.2. The normalized spacial score (nSPS) is 13.1. The van der Waals surface area contributed by atoms with Crippen molar-refractivity contribution in [2.45, 2.75) is 105 Å². The first-order chi connectivity index (χ1) is 38.7. The van der Waals surface area contributed by atoms with Crippen LogP contribution in [0.15, 0.2) is 219 Å². The highest BCUT2D eigenvalue weighted by Crippen LogP contribution is 2.52. The van der Waals surface area contributed by atoms with Crippen LogP contribution in [0, 0.1) is 0 Å². The summed E-state index contributed by atoms with van der Waals surface area (Å²) in [5.41, 5.74) is 21.3. The molecule has 81 heavy (non-hydrogen) atoms. The molecule has 5 nitrogen and oxygen atoms in total. The van der Waals surface area contributed by atoms with Crippen LogP contribution >= 0.6 is 0 Å². The van der Waals surface area contributed by atoms with Crippen molar-refractivity contribution in [3.63, 3.8) is 0 Å². The number of ether oxygens (including phenoxy) is 1. The maximum atomic E-state index is 6.96. The molecule has 0 amide bonds. The summed E-state index contributed by atoms with van der Waals surface area (Å²) in [4.78, 5) is 10.2. The molecule has 0 aliphatic carbocycles. The van der Waals surface area contributed by atoms with Gasteiger partial charge < -0.3 is 14.5 Å². The van der Waals surface area contributed by atoms with Gasteiger partial charge in [-0.05, 0) is 120 Å². The smallest absolute Gasteiger partial charge is 0.137 e. The van der Waals surface area contributed by atoms with Gasteiger partial charge in [-0.3, -0.25) is 4.57 Å². The quantitative estimate of drug-likeness (QED) is 0.144. The first-order valence-corrected chi connectivity index (χ1v) is 28.7. The van der Waals surface area contributed by atoms with Crippen LogP contribution in [0.5, 0.6) is 11.5 Å². The zero-order valence-electron chi connectivity index (χ0n) is 49.2. The molecule has 1 aliphatic heterocycles. The lowest BCUT2D eigenvalue weighted by Gasteiger charge is -2.29. The predicted octanol–water partition coefficient (Wildman–Crippen LogP) is 21.1. The Bertz CT molecular complexity index is 4170. The van der Waals surface area contributed by atoms with Gasteiger partial charge in [0.15, 0.2) is 0 Å². The monoisotopic (exact) mass is 1060 g/mol. The number of hydrogen-bond acceptors (Lipinski definition) is 4. The van der Waals surface area contributed by atoms with Gasteiger partial charge in [0, 0.05) is 51.5 Å². The van der Waals surface area contributed by atoms with Crippen LogP contribution < -0.4 is 14.5 Å². The summed E-state index contributed by atoms with van der Waals surface area (Å²) in [6, 6.07) is 77.7. The molecule has 0 fully saturated rings. The second-order valence-electron chi connectivity index (χ2n) is 26.2. The molecule has 0 N–H and O–H groups in total. The Morgan fingerprint density at radius 3 is 1.65 bits per heavy atom. The predicted molar refractivity (Wildman–Crippen MR) is 344 cm³/mol. The number of rotatable bonds is 9. The van der Waals surface area contributed by atoms with Crippen LogP contribution in [0.25, 0.3) is 72.1 Å². The van der Waals surface area contributed by atoms with E-state index < -0.39 is 0 Å². The highest BCUT2D eigenvalue weighted by Gasteiger charge is 2.33. The number of hydrogen-bond donors (Lipinski definition) is 0. The summed E-state index contributed by atoms with van der Waals surface area (Å²) < 4.78 is 9.26. The van der Waals surface area contributed by atoms with Crippen LogP contribution in [-0.4, -0.2) is 16.2 Å². The van der Waals surface area contributed by atoms with Gasteiger partial charge in [-0.2, -0.15) is 0 Å². The van der Waals surface area contributed by atoms with Crippen LogP contribution in [0.2, 0.25) is 0 Å². The van der Waals surface area contributed by atoms with Crippen LogP contribution in [0.3, 0.4) is 0 Å². The van der Waals surface area contributed by atoms with Gasteiger partial charge in [-0.25, -0.2) is 4.98 Å². The SMILES string of the molecule is CC(C)(C)c1cccc(-c2ccc(-c3cccc(-c4ccccc4C(C)(C)C)c3N3CN(c4cccc(Oc5ccc6c7ccccc7n(-c7cc(C(C)(C)C)c(-c8cccc(C(C)(C)C)c8)cn7)c6c5)c4)c4ccccc43)cc2)c1. The van der Waals surface area contributed by atoms with Crippen molar-refractivity contribution in [2.75, 3.05) is 16.5 Å². The second-order valence-corrected chi connectivity index (χ2v) is 26.2. The minimum Gasteiger partial charge on any atom is -0.457 e.